The summed E-state index contributed by atoms with van der Waals surface area (Å²) in [6.45, 7) is 3.93. The van der Waals surface area contributed by atoms with Crippen molar-refractivity contribution in [1.82, 2.24) is 5.32 Å². The number of hydrogen-bond donors (Lipinski definition) is 2. The summed E-state index contributed by atoms with van der Waals surface area (Å²) in [7, 11) is 0. The number of alkyl halides is 3. The number of rotatable bonds is 6. The largest absolute Gasteiger partial charge is 0.398 e. The minimum absolute atomic E-state index is 0.121. The van der Waals surface area contributed by atoms with E-state index in [1.54, 1.807) is 24.3 Å². The average Bonchev–Trinajstić information content (AvgIpc) is 2.34. The molecule has 0 bridgehead atoms. The van der Waals surface area contributed by atoms with Crippen molar-refractivity contribution in [3.63, 3.8) is 0 Å². The van der Waals surface area contributed by atoms with Crippen LogP contribution in [-0.4, -0.2) is 30.4 Å². The van der Waals surface area contributed by atoms with Crippen molar-refractivity contribution in [1.29, 1.82) is 0 Å². The lowest BCUT2D eigenvalue weighted by atomic mass is 10.3. The topological polar surface area (TPSA) is 41.1 Å². The maximum atomic E-state index is 12.2. The number of carbonyl (C=O) groups is 1. The molecule has 0 unspecified atom stereocenters. The van der Waals surface area contributed by atoms with Gasteiger partial charge in [-0.2, -0.15) is 13.2 Å². The molecule has 1 rings (SSSR count). The molecule has 112 valence electrons. The molecule has 0 heterocycles. The molecule has 0 aliphatic carbocycles. The zero-order valence-corrected chi connectivity index (χ0v) is 12.1. The molecule has 3 nitrogen and oxygen atoms in total. The average molecular weight is 306 g/mol. The minimum atomic E-state index is -4.24. The molecule has 0 radical (unpaired) electrons. The Labute approximate surface area is 120 Å². The Balaban J connectivity index is 2.63. The second kappa shape index (κ2) is 7.54. The van der Waals surface area contributed by atoms with E-state index in [0.717, 1.165) is 0 Å². The van der Waals surface area contributed by atoms with Crippen molar-refractivity contribution in [3.05, 3.63) is 24.3 Å². The maximum absolute atomic E-state index is 12.2. The van der Waals surface area contributed by atoms with Crippen molar-refractivity contribution in [2.45, 2.75) is 31.0 Å². The first-order valence-electron chi connectivity index (χ1n) is 6.10. The summed E-state index contributed by atoms with van der Waals surface area (Å²) in [5.74, 6) is -1.26. The zero-order chi connectivity index (χ0) is 15.2. The molecule has 1 amide bonds. The molecule has 0 aliphatic heterocycles. The number of thioether (sulfide) groups is 1. The van der Waals surface area contributed by atoms with E-state index in [4.69, 9.17) is 0 Å². The van der Waals surface area contributed by atoms with Crippen molar-refractivity contribution >= 4 is 23.4 Å². The number of benzene rings is 1. The Hall–Kier alpha value is -1.21. The van der Waals surface area contributed by atoms with Crippen LogP contribution in [-0.2, 0) is 4.79 Å². The van der Waals surface area contributed by atoms with Crippen molar-refractivity contribution in [2.24, 2.45) is 0 Å². The van der Waals surface area contributed by atoms with E-state index >= 15 is 0 Å². The van der Waals surface area contributed by atoms with Crippen LogP contribution in [0.15, 0.2) is 29.2 Å². The van der Waals surface area contributed by atoms with E-state index in [1.807, 2.05) is 13.8 Å². The third-order valence-electron chi connectivity index (χ3n) is 2.22. The van der Waals surface area contributed by atoms with Gasteiger partial charge in [-0.1, -0.05) is 26.0 Å². The Morgan fingerprint density at radius 3 is 2.55 bits per heavy atom. The number of amides is 1. The van der Waals surface area contributed by atoms with Crippen LogP contribution in [0, 0.1) is 0 Å². The maximum Gasteiger partial charge on any atom is 0.398 e. The van der Waals surface area contributed by atoms with Gasteiger partial charge >= 0.3 is 6.18 Å². The molecule has 0 fully saturated rings. The Kier molecular flexibility index (Phi) is 6.35. The van der Waals surface area contributed by atoms with Crippen LogP contribution >= 0.6 is 11.8 Å². The molecular formula is C13H17F3N2OS. The lowest BCUT2D eigenvalue weighted by molar-refractivity contribution is -0.115. The second-order valence-corrected chi connectivity index (χ2v) is 5.50. The van der Waals surface area contributed by atoms with Crippen molar-refractivity contribution in [2.75, 3.05) is 17.6 Å². The summed E-state index contributed by atoms with van der Waals surface area (Å²) in [6, 6.07) is 6.62. The number of nitrogens with one attached hydrogen (secondary N) is 2. The molecule has 1 aromatic carbocycles. The number of hydrogen-bond acceptors (Lipinski definition) is 3. The van der Waals surface area contributed by atoms with Gasteiger partial charge in [-0.3, -0.25) is 4.79 Å². The Morgan fingerprint density at radius 1 is 1.30 bits per heavy atom. The summed E-state index contributed by atoms with van der Waals surface area (Å²) in [4.78, 5) is 12.1. The lowest BCUT2D eigenvalue weighted by Gasteiger charge is -2.13. The standard InChI is InChI=1S/C13H17F3N2OS/c1-9(2)17-7-12(19)18-10-5-3-4-6-11(10)20-8-13(14,15)16/h3-6,9,17H,7-8H2,1-2H3,(H,18,19). The summed E-state index contributed by atoms with van der Waals surface area (Å²) >= 11 is 0.660. The van der Waals surface area contributed by atoms with E-state index in [-0.39, 0.29) is 18.5 Å². The van der Waals surface area contributed by atoms with Gasteiger partial charge in [-0.05, 0) is 12.1 Å². The van der Waals surface area contributed by atoms with Crippen LogP contribution < -0.4 is 10.6 Å². The van der Waals surface area contributed by atoms with Gasteiger partial charge in [-0.25, -0.2) is 0 Å². The molecule has 0 aliphatic rings. The van der Waals surface area contributed by atoms with Gasteiger partial charge in [0.05, 0.1) is 18.0 Å². The monoisotopic (exact) mass is 306 g/mol. The number of halogens is 3. The molecule has 20 heavy (non-hydrogen) atoms. The van der Waals surface area contributed by atoms with Gasteiger partial charge in [0.15, 0.2) is 0 Å². The van der Waals surface area contributed by atoms with Crippen molar-refractivity contribution < 1.29 is 18.0 Å². The first-order chi connectivity index (χ1) is 9.28. The van der Waals surface area contributed by atoms with Gasteiger partial charge in [-0.15, -0.1) is 11.8 Å². The quantitative estimate of drug-likeness (QED) is 0.793. The summed E-state index contributed by atoms with van der Waals surface area (Å²) in [5.41, 5.74) is 0.400. The molecule has 0 atom stereocenters. The van der Waals surface area contributed by atoms with Crippen LogP contribution in [0.2, 0.25) is 0 Å². The fourth-order valence-electron chi connectivity index (χ4n) is 1.35. The number of carbonyl (C=O) groups excluding carboxylic acids is 1. The van der Waals surface area contributed by atoms with Gasteiger partial charge in [0, 0.05) is 10.9 Å². The SMILES string of the molecule is CC(C)NCC(=O)Nc1ccccc1SCC(F)(F)F. The molecule has 0 spiro atoms. The number of anilines is 1. The molecule has 0 saturated heterocycles. The summed E-state index contributed by atoms with van der Waals surface area (Å²) in [5, 5.41) is 5.55. The highest BCUT2D eigenvalue weighted by Gasteiger charge is 2.27. The van der Waals surface area contributed by atoms with Gasteiger partial charge < -0.3 is 10.6 Å². The molecule has 2 N–H and O–H groups in total. The smallest absolute Gasteiger partial charge is 0.324 e. The van der Waals surface area contributed by atoms with Crippen LogP contribution in [0.5, 0.6) is 0 Å². The Bertz CT molecular complexity index is 449. The van der Waals surface area contributed by atoms with Crippen LogP contribution in [0.25, 0.3) is 0 Å². The van der Waals surface area contributed by atoms with E-state index in [0.29, 0.717) is 22.3 Å². The third kappa shape index (κ3) is 6.81. The fraction of sp³-hybridized carbons (Fsp3) is 0.462. The first-order valence-corrected chi connectivity index (χ1v) is 7.08. The molecule has 1 aromatic rings. The molecular weight excluding hydrogens is 289 g/mol. The highest BCUT2D eigenvalue weighted by molar-refractivity contribution is 7.99. The lowest BCUT2D eigenvalue weighted by Crippen LogP contribution is -2.32. The van der Waals surface area contributed by atoms with E-state index < -0.39 is 11.9 Å². The van der Waals surface area contributed by atoms with Gasteiger partial charge in [0.2, 0.25) is 5.91 Å². The first kappa shape index (κ1) is 16.8. The third-order valence-corrected chi connectivity index (χ3v) is 3.36. The van der Waals surface area contributed by atoms with E-state index in [1.165, 1.54) is 0 Å². The number of para-hydroxylation sites is 1. The normalized spacial score (nSPS) is 11.7. The fourth-order valence-corrected chi connectivity index (χ4v) is 2.12. The zero-order valence-electron chi connectivity index (χ0n) is 11.3. The van der Waals surface area contributed by atoms with Gasteiger partial charge in [0.25, 0.3) is 0 Å². The van der Waals surface area contributed by atoms with Crippen LogP contribution in [0.1, 0.15) is 13.8 Å². The van der Waals surface area contributed by atoms with Crippen LogP contribution in [0.3, 0.4) is 0 Å². The summed E-state index contributed by atoms with van der Waals surface area (Å²) < 4.78 is 36.7. The molecule has 0 aromatic heterocycles. The Morgan fingerprint density at radius 2 is 1.95 bits per heavy atom. The molecule has 0 saturated carbocycles. The minimum Gasteiger partial charge on any atom is -0.324 e. The van der Waals surface area contributed by atoms with Crippen molar-refractivity contribution in [3.8, 4) is 0 Å². The van der Waals surface area contributed by atoms with Crippen LogP contribution in [0.4, 0.5) is 18.9 Å². The predicted octanol–water partition coefficient (Wildman–Crippen LogP) is 3.28. The van der Waals surface area contributed by atoms with E-state index in [2.05, 4.69) is 10.6 Å². The predicted molar refractivity (Wildman–Crippen MR) is 75.0 cm³/mol. The highest BCUT2D eigenvalue weighted by atomic mass is 32.2. The highest BCUT2D eigenvalue weighted by Crippen LogP contribution is 2.31. The van der Waals surface area contributed by atoms with E-state index in [9.17, 15) is 18.0 Å². The van der Waals surface area contributed by atoms with Gasteiger partial charge in [0.1, 0.15) is 0 Å². The molecule has 7 heteroatoms. The second-order valence-electron chi connectivity index (χ2n) is 4.48. The summed E-state index contributed by atoms with van der Waals surface area (Å²) in [6.07, 6.45) is -4.24.